The first-order valence-corrected chi connectivity index (χ1v) is 5.98. The highest BCUT2D eigenvalue weighted by Gasteiger charge is 2.10. The number of amidine groups is 1. The molecule has 0 heterocycles. The van der Waals surface area contributed by atoms with Crippen LogP contribution in [0.5, 0.6) is 0 Å². The third kappa shape index (κ3) is 3.12. The molecule has 0 aliphatic rings. The molecule has 4 heteroatoms. The molecule has 3 N–H and O–H groups in total. The molecule has 0 fully saturated rings. The Kier molecular flexibility index (Phi) is 4.82. The van der Waals surface area contributed by atoms with Crippen LogP contribution in [0.25, 0.3) is 0 Å². The Hall–Kier alpha value is -1.71. The van der Waals surface area contributed by atoms with Crippen molar-refractivity contribution >= 4 is 11.5 Å². The first-order chi connectivity index (χ1) is 8.13. The molecule has 0 saturated carbocycles. The highest BCUT2D eigenvalue weighted by molar-refractivity contribution is 5.97. The summed E-state index contributed by atoms with van der Waals surface area (Å²) in [7, 11) is 0. The van der Waals surface area contributed by atoms with Crippen molar-refractivity contribution in [2.75, 3.05) is 11.4 Å². The minimum atomic E-state index is 0.142. The maximum atomic E-state index is 8.59. The van der Waals surface area contributed by atoms with Crippen LogP contribution in [0.4, 0.5) is 5.69 Å². The lowest BCUT2D eigenvalue weighted by Gasteiger charge is -2.29. The Labute approximate surface area is 103 Å². The van der Waals surface area contributed by atoms with Crippen molar-refractivity contribution < 1.29 is 5.21 Å². The summed E-state index contributed by atoms with van der Waals surface area (Å²) in [6.45, 7) is 7.50. The molecule has 0 aliphatic heterocycles. The highest BCUT2D eigenvalue weighted by Crippen LogP contribution is 2.19. The third-order valence-electron chi connectivity index (χ3n) is 3.07. The van der Waals surface area contributed by atoms with Gasteiger partial charge < -0.3 is 15.8 Å². The molecule has 1 aromatic rings. The van der Waals surface area contributed by atoms with Crippen LogP contribution in [0.1, 0.15) is 32.8 Å². The Balaban J connectivity index is 2.92. The van der Waals surface area contributed by atoms with E-state index in [2.05, 4.69) is 30.8 Å². The number of nitrogens with two attached hydrogens (primary N) is 1. The second-order valence-electron chi connectivity index (χ2n) is 4.08. The van der Waals surface area contributed by atoms with Crippen LogP contribution in [0.15, 0.2) is 29.4 Å². The molecule has 1 atom stereocenters. The molecule has 0 amide bonds. The lowest BCUT2D eigenvalue weighted by molar-refractivity contribution is 0.318. The molecule has 4 nitrogen and oxygen atoms in total. The van der Waals surface area contributed by atoms with E-state index in [1.165, 1.54) is 0 Å². The molecule has 0 saturated heterocycles. The lowest BCUT2D eigenvalue weighted by atomic mass is 10.1. The van der Waals surface area contributed by atoms with Crippen LogP contribution in [0.3, 0.4) is 0 Å². The summed E-state index contributed by atoms with van der Waals surface area (Å²) in [6, 6.07) is 8.26. The van der Waals surface area contributed by atoms with Gasteiger partial charge in [-0.15, -0.1) is 0 Å². The van der Waals surface area contributed by atoms with E-state index in [1.807, 2.05) is 24.3 Å². The van der Waals surface area contributed by atoms with Gasteiger partial charge in [0, 0.05) is 23.8 Å². The predicted octanol–water partition coefficient (Wildman–Crippen LogP) is 2.41. The number of nitrogens with zero attached hydrogens (tertiary/aromatic N) is 2. The van der Waals surface area contributed by atoms with Crippen molar-refractivity contribution in [2.24, 2.45) is 10.9 Å². The van der Waals surface area contributed by atoms with Gasteiger partial charge in [-0.05, 0) is 44.5 Å². The Bertz CT molecular complexity index is 373. The quantitative estimate of drug-likeness (QED) is 0.356. The van der Waals surface area contributed by atoms with Crippen molar-refractivity contribution in [3.05, 3.63) is 29.8 Å². The summed E-state index contributed by atoms with van der Waals surface area (Å²) in [6.07, 6.45) is 1.11. The lowest BCUT2D eigenvalue weighted by Crippen LogP contribution is -2.32. The SMILES string of the molecule is CCC(C)N(CC)c1ccc(/C(N)=N/O)cc1. The number of benzene rings is 1. The monoisotopic (exact) mass is 235 g/mol. The zero-order valence-corrected chi connectivity index (χ0v) is 10.7. The van der Waals surface area contributed by atoms with Crippen molar-refractivity contribution in [3.8, 4) is 0 Å². The fourth-order valence-electron chi connectivity index (χ4n) is 1.85. The molecule has 0 aromatic heterocycles. The molecule has 0 spiro atoms. The molecule has 0 aliphatic carbocycles. The molecule has 94 valence electrons. The minimum Gasteiger partial charge on any atom is -0.409 e. The van der Waals surface area contributed by atoms with Crippen LogP contribution in [0.2, 0.25) is 0 Å². The van der Waals surface area contributed by atoms with Crippen LogP contribution in [-0.4, -0.2) is 23.6 Å². The molecule has 0 bridgehead atoms. The van der Waals surface area contributed by atoms with Crippen molar-refractivity contribution in [2.45, 2.75) is 33.2 Å². The molecule has 1 rings (SSSR count). The standard InChI is InChI=1S/C13H21N3O/c1-4-10(3)16(5-2)12-8-6-11(7-9-12)13(14)15-17/h6-10,17H,4-5H2,1-3H3,(H2,14,15). The van der Waals surface area contributed by atoms with Crippen LogP contribution in [-0.2, 0) is 0 Å². The average molecular weight is 235 g/mol. The summed E-state index contributed by atoms with van der Waals surface area (Å²) in [5, 5.41) is 11.6. The van der Waals surface area contributed by atoms with E-state index in [1.54, 1.807) is 0 Å². The molecular formula is C13H21N3O. The number of hydrogen-bond donors (Lipinski definition) is 2. The van der Waals surface area contributed by atoms with Gasteiger partial charge in [-0.3, -0.25) is 0 Å². The second kappa shape index (κ2) is 6.13. The van der Waals surface area contributed by atoms with Gasteiger partial charge >= 0.3 is 0 Å². The minimum absolute atomic E-state index is 0.142. The topological polar surface area (TPSA) is 61.8 Å². The smallest absolute Gasteiger partial charge is 0.170 e. The molecule has 17 heavy (non-hydrogen) atoms. The van der Waals surface area contributed by atoms with Gasteiger partial charge in [0.1, 0.15) is 0 Å². The summed E-state index contributed by atoms with van der Waals surface area (Å²) >= 11 is 0. The van der Waals surface area contributed by atoms with Crippen LogP contribution < -0.4 is 10.6 Å². The van der Waals surface area contributed by atoms with E-state index in [0.29, 0.717) is 6.04 Å². The first-order valence-electron chi connectivity index (χ1n) is 5.98. The summed E-state index contributed by atoms with van der Waals surface area (Å²) < 4.78 is 0. The van der Waals surface area contributed by atoms with E-state index >= 15 is 0 Å². The summed E-state index contributed by atoms with van der Waals surface area (Å²) in [4.78, 5) is 2.33. The summed E-state index contributed by atoms with van der Waals surface area (Å²) in [5.41, 5.74) is 7.42. The Morgan fingerprint density at radius 1 is 1.35 bits per heavy atom. The van der Waals surface area contributed by atoms with Gasteiger partial charge in [0.05, 0.1) is 0 Å². The van der Waals surface area contributed by atoms with Gasteiger partial charge in [0.2, 0.25) is 0 Å². The molecular weight excluding hydrogens is 214 g/mol. The molecule has 1 aromatic carbocycles. The van der Waals surface area contributed by atoms with Gasteiger partial charge in [-0.2, -0.15) is 0 Å². The molecule has 1 unspecified atom stereocenters. The van der Waals surface area contributed by atoms with E-state index in [9.17, 15) is 0 Å². The van der Waals surface area contributed by atoms with E-state index in [-0.39, 0.29) is 5.84 Å². The van der Waals surface area contributed by atoms with Crippen molar-refractivity contribution in [1.82, 2.24) is 0 Å². The van der Waals surface area contributed by atoms with Crippen LogP contribution >= 0.6 is 0 Å². The number of anilines is 1. The maximum absolute atomic E-state index is 8.59. The highest BCUT2D eigenvalue weighted by atomic mass is 16.4. The Morgan fingerprint density at radius 3 is 2.35 bits per heavy atom. The second-order valence-corrected chi connectivity index (χ2v) is 4.08. The van der Waals surface area contributed by atoms with Gasteiger partial charge in [0.25, 0.3) is 0 Å². The van der Waals surface area contributed by atoms with Crippen LogP contribution in [0, 0.1) is 0 Å². The molecule has 0 radical (unpaired) electrons. The predicted molar refractivity (Wildman–Crippen MR) is 71.7 cm³/mol. The van der Waals surface area contributed by atoms with E-state index in [4.69, 9.17) is 10.9 Å². The number of rotatable bonds is 5. The normalized spacial score (nSPS) is 13.5. The first kappa shape index (κ1) is 13.4. The number of hydrogen-bond acceptors (Lipinski definition) is 3. The Morgan fingerprint density at radius 2 is 1.94 bits per heavy atom. The third-order valence-corrected chi connectivity index (χ3v) is 3.07. The van der Waals surface area contributed by atoms with Crippen molar-refractivity contribution in [1.29, 1.82) is 0 Å². The zero-order valence-electron chi connectivity index (χ0n) is 10.7. The van der Waals surface area contributed by atoms with Gasteiger partial charge in [-0.25, -0.2) is 0 Å². The van der Waals surface area contributed by atoms with E-state index in [0.717, 1.165) is 24.2 Å². The largest absolute Gasteiger partial charge is 0.409 e. The van der Waals surface area contributed by atoms with E-state index < -0.39 is 0 Å². The maximum Gasteiger partial charge on any atom is 0.170 e. The summed E-state index contributed by atoms with van der Waals surface area (Å²) in [5.74, 6) is 0.142. The van der Waals surface area contributed by atoms with Gasteiger partial charge in [-0.1, -0.05) is 12.1 Å². The zero-order chi connectivity index (χ0) is 12.8. The number of oxime groups is 1. The fraction of sp³-hybridized carbons (Fsp3) is 0.462. The average Bonchev–Trinajstić information content (AvgIpc) is 2.39. The fourth-order valence-corrected chi connectivity index (χ4v) is 1.85. The van der Waals surface area contributed by atoms with Gasteiger partial charge in [0.15, 0.2) is 5.84 Å². The van der Waals surface area contributed by atoms with Crippen molar-refractivity contribution in [3.63, 3.8) is 0 Å².